The highest BCUT2D eigenvalue weighted by atomic mass is 16.5. The SMILES string of the molecule is CNc1nc(NC(CCO)COC)nc(N(C)C)n1. The van der Waals surface area contributed by atoms with Gasteiger partial charge < -0.3 is 25.4 Å². The minimum absolute atomic E-state index is 0.0443. The van der Waals surface area contributed by atoms with Gasteiger partial charge in [-0.25, -0.2) is 0 Å². The molecule has 19 heavy (non-hydrogen) atoms. The first-order valence-electron chi connectivity index (χ1n) is 6.08. The third-order valence-corrected chi connectivity index (χ3v) is 2.43. The van der Waals surface area contributed by atoms with Crippen molar-refractivity contribution in [3.05, 3.63) is 0 Å². The Morgan fingerprint density at radius 2 is 1.95 bits per heavy atom. The summed E-state index contributed by atoms with van der Waals surface area (Å²) in [5, 5.41) is 15.0. The predicted molar refractivity (Wildman–Crippen MR) is 74.7 cm³/mol. The number of hydrogen-bond acceptors (Lipinski definition) is 8. The minimum atomic E-state index is -0.0443. The maximum atomic E-state index is 9.02. The molecule has 0 aromatic carbocycles. The number of nitrogens with one attached hydrogen (secondary N) is 2. The zero-order valence-electron chi connectivity index (χ0n) is 11.8. The van der Waals surface area contributed by atoms with Crippen molar-refractivity contribution >= 4 is 17.8 Å². The quantitative estimate of drug-likeness (QED) is 0.597. The van der Waals surface area contributed by atoms with Crippen LogP contribution in [0, 0.1) is 0 Å². The van der Waals surface area contributed by atoms with Crippen LogP contribution in [0.4, 0.5) is 17.8 Å². The van der Waals surface area contributed by atoms with Gasteiger partial charge in [0.05, 0.1) is 12.6 Å². The van der Waals surface area contributed by atoms with Gasteiger partial charge in [-0.1, -0.05) is 0 Å². The molecule has 1 atom stereocenters. The summed E-state index contributed by atoms with van der Waals surface area (Å²) in [6, 6.07) is -0.0443. The monoisotopic (exact) mass is 270 g/mol. The largest absolute Gasteiger partial charge is 0.396 e. The average Bonchev–Trinajstić information content (AvgIpc) is 2.38. The fourth-order valence-corrected chi connectivity index (χ4v) is 1.48. The van der Waals surface area contributed by atoms with Crippen LogP contribution in [0.3, 0.4) is 0 Å². The summed E-state index contributed by atoms with van der Waals surface area (Å²) >= 11 is 0. The predicted octanol–water partition coefficient (Wildman–Crippen LogP) is -0.211. The molecule has 0 aliphatic heterocycles. The van der Waals surface area contributed by atoms with E-state index in [0.717, 1.165) is 0 Å². The van der Waals surface area contributed by atoms with Gasteiger partial charge in [0.25, 0.3) is 0 Å². The van der Waals surface area contributed by atoms with Crippen molar-refractivity contribution in [3.63, 3.8) is 0 Å². The van der Waals surface area contributed by atoms with Crippen LogP contribution in [-0.4, -0.2) is 67.6 Å². The van der Waals surface area contributed by atoms with Gasteiger partial charge in [-0.2, -0.15) is 15.0 Å². The van der Waals surface area contributed by atoms with Crippen LogP contribution in [0.25, 0.3) is 0 Å². The number of anilines is 3. The fraction of sp³-hybridized carbons (Fsp3) is 0.727. The number of hydrogen-bond donors (Lipinski definition) is 3. The van der Waals surface area contributed by atoms with E-state index in [-0.39, 0.29) is 12.6 Å². The molecule has 0 saturated carbocycles. The second kappa shape index (κ2) is 7.70. The van der Waals surface area contributed by atoms with Gasteiger partial charge in [-0.05, 0) is 6.42 Å². The van der Waals surface area contributed by atoms with Crippen molar-refractivity contribution in [3.8, 4) is 0 Å². The van der Waals surface area contributed by atoms with Crippen LogP contribution < -0.4 is 15.5 Å². The molecule has 0 aliphatic rings. The normalized spacial score (nSPS) is 12.1. The van der Waals surface area contributed by atoms with E-state index in [2.05, 4.69) is 25.6 Å². The van der Waals surface area contributed by atoms with Gasteiger partial charge in [0.2, 0.25) is 17.8 Å². The second-order valence-electron chi connectivity index (χ2n) is 4.24. The number of aliphatic hydroxyl groups excluding tert-OH is 1. The van der Waals surface area contributed by atoms with Gasteiger partial charge in [0, 0.05) is 34.9 Å². The molecule has 1 aromatic heterocycles. The fourth-order valence-electron chi connectivity index (χ4n) is 1.48. The molecule has 0 fully saturated rings. The van der Waals surface area contributed by atoms with Crippen LogP contribution in [-0.2, 0) is 4.74 Å². The first kappa shape index (κ1) is 15.4. The molecule has 1 heterocycles. The highest BCUT2D eigenvalue weighted by Gasteiger charge is 2.12. The zero-order chi connectivity index (χ0) is 14.3. The van der Waals surface area contributed by atoms with Gasteiger partial charge >= 0.3 is 0 Å². The number of nitrogens with zero attached hydrogens (tertiary/aromatic N) is 4. The lowest BCUT2D eigenvalue weighted by atomic mass is 10.2. The molecule has 108 valence electrons. The summed E-state index contributed by atoms with van der Waals surface area (Å²) in [6.45, 7) is 0.546. The smallest absolute Gasteiger partial charge is 0.231 e. The number of aliphatic hydroxyl groups is 1. The minimum Gasteiger partial charge on any atom is -0.396 e. The summed E-state index contributed by atoms with van der Waals surface area (Å²) in [5.41, 5.74) is 0. The van der Waals surface area contributed by atoms with E-state index in [9.17, 15) is 0 Å². The number of rotatable bonds is 8. The Hall–Kier alpha value is -1.67. The highest BCUT2D eigenvalue weighted by molar-refractivity contribution is 5.43. The highest BCUT2D eigenvalue weighted by Crippen LogP contribution is 2.12. The Balaban J connectivity index is 2.88. The van der Waals surface area contributed by atoms with E-state index >= 15 is 0 Å². The van der Waals surface area contributed by atoms with Crippen LogP contribution in [0.2, 0.25) is 0 Å². The average molecular weight is 270 g/mol. The molecule has 3 N–H and O–H groups in total. The van der Waals surface area contributed by atoms with Crippen LogP contribution in [0.5, 0.6) is 0 Å². The number of methoxy groups -OCH3 is 1. The summed E-state index contributed by atoms with van der Waals surface area (Å²) in [4.78, 5) is 14.6. The van der Waals surface area contributed by atoms with Crippen molar-refractivity contribution in [1.82, 2.24) is 15.0 Å². The molecular weight excluding hydrogens is 248 g/mol. The van der Waals surface area contributed by atoms with Crippen molar-refractivity contribution in [2.45, 2.75) is 12.5 Å². The van der Waals surface area contributed by atoms with Gasteiger partial charge in [-0.3, -0.25) is 0 Å². The van der Waals surface area contributed by atoms with Gasteiger partial charge in [-0.15, -0.1) is 0 Å². The van der Waals surface area contributed by atoms with Crippen LogP contribution in [0.15, 0.2) is 0 Å². The Bertz CT molecular complexity index is 381. The maximum absolute atomic E-state index is 9.02. The maximum Gasteiger partial charge on any atom is 0.231 e. The lowest BCUT2D eigenvalue weighted by Gasteiger charge is -2.18. The molecule has 1 unspecified atom stereocenters. The molecule has 0 saturated heterocycles. The Labute approximate surface area is 113 Å². The summed E-state index contributed by atoms with van der Waals surface area (Å²) in [6.07, 6.45) is 0.561. The van der Waals surface area contributed by atoms with Crippen LogP contribution >= 0.6 is 0 Å². The molecule has 1 aromatic rings. The Morgan fingerprint density at radius 1 is 1.26 bits per heavy atom. The summed E-state index contributed by atoms with van der Waals surface area (Å²) in [5.74, 6) is 1.50. The van der Waals surface area contributed by atoms with Crippen molar-refractivity contribution in [2.24, 2.45) is 0 Å². The second-order valence-corrected chi connectivity index (χ2v) is 4.24. The van der Waals surface area contributed by atoms with Gasteiger partial charge in [0.1, 0.15) is 0 Å². The lowest BCUT2D eigenvalue weighted by Crippen LogP contribution is -2.28. The third kappa shape index (κ3) is 4.84. The lowest BCUT2D eigenvalue weighted by molar-refractivity contribution is 0.170. The van der Waals surface area contributed by atoms with E-state index in [4.69, 9.17) is 9.84 Å². The Kier molecular flexibility index (Phi) is 6.23. The molecule has 0 bridgehead atoms. The van der Waals surface area contributed by atoms with E-state index in [0.29, 0.717) is 30.9 Å². The summed E-state index contributed by atoms with van der Waals surface area (Å²) < 4.78 is 5.09. The first-order chi connectivity index (χ1) is 9.10. The number of ether oxygens (including phenoxy) is 1. The topological polar surface area (TPSA) is 95.4 Å². The van der Waals surface area contributed by atoms with Crippen molar-refractivity contribution < 1.29 is 9.84 Å². The molecule has 8 nitrogen and oxygen atoms in total. The molecule has 0 radical (unpaired) electrons. The number of aromatic nitrogens is 3. The molecule has 1 rings (SSSR count). The van der Waals surface area contributed by atoms with E-state index in [1.807, 2.05) is 14.1 Å². The molecule has 0 amide bonds. The van der Waals surface area contributed by atoms with Crippen molar-refractivity contribution in [2.75, 3.05) is 57.0 Å². The summed E-state index contributed by atoms with van der Waals surface area (Å²) in [7, 11) is 7.08. The first-order valence-corrected chi connectivity index (χ1v) is 6.08. The molecule has 0 spiro atoms. The van der Waals surface area contributed by atoms with Crippen LogP contribution in [0.1, 0.15) is 6.42 Å². The zero-order valence-corrected chi connectivity index (χ0v) is 11.8. The van der Waals surface area contributed by atoms with E-state index in [1.54, 1.807) is 19.1 Å². The van der Waals surface area contributed by atoms with E-state index in [1.165, 1.54) is 0 Å². The van der Waals surface area contributed by atoms with Gasteiger partial charge in [0.15, 0.2) is 0 Å². The van der Waals surface area contributed by atoms with E-state index < -0.39 is 0 Å². The molecular formula is C11H22N6O2. The molecule has 8 heteroatoms. The standard InChI is InChI=1S/C11H22N6O2/c1-12-9-14-10(16-11(15-9)17(2)3)13-8(5-6-18)7-19-4/h8,18H,5-7H2,1-4H3,(H2,12,13,14,15,16). The molecule has 0 aliphatic carbocycles. The third-order valence-electron chi connectivity index (χ3n) is 2.43. The Morgan fingerprint density at radius 3 is 2.47 bits per heavy atom. The van der Waals surface area contributed by atoms with Crippen molar-refractivity contribution in [1.29, 1.82) is 0 Å².